The van der Waals surface area contributed by atoms with E-state index in [9.17, 15) is 19.5 Å². The smallest absolute Gasteiger partial charge is 0.340 e. The Labute approximate surface area is 159 Å². The number of halogens is 1. The number of ether oxygens (including phenoxy) is 1. The fourth-order valence-corrected chi connectivity index (χ4v) is 2.82. The fourth-order valence-electron chi connectivity index (χ4n) is 2.61. The van der Waals surface area contributed by atoms with Gasteiger partial charge in [0.1, 0.15) is 16.5 Å². The van der Waals surface area contributed by atoms with Gasteiger partial charge in [0.25, 0.3) is 11.8 Å². The molecule has 0 unspecified atom stereocenters. The zero-order valence-corrected chi connectivity index (χ0v) is 15.0. The summed E-state index contributed by atoms with van der Waals surface area (Å²) in [5.41, 5.74) is 0.386. The van der Waals surface area contributed by atoms with E-state index in [1.807, 2.05) is 0 Å². The van der Waals surface area contributed by atoms with Crippen LogP contribution in [0.5, 0.6) is 5.75 Å². The predicted octanol–water partition coefficient (Wildman–Crippen LogP) is 3.00. The van der Waals surface area contributed by atoms with Gasteiger partial charge in [-0.3, -0.25) is 9.59 Å². The minimum atomic E-state index is -0.763. The summed E-state index contributed by atoms with van der Waals surface area (Å²) in [4.78, 5) is 38.4. The molecule has 0 fully saturated rings. The van der Waals surface area contributed by atoms with Crippen LogP contribution in [0.3, 0.4) is 0 Å². The van der Waals surface area contributed by atoms with Gasteiger partial charge in [0.2, 0.25) is 0 Å². The van der Waals surface area contributed by atoms with Crippen LogP contribution in [0.2, 0.25) is 0 Å². The standard InChI is InChI=1S/C19H15ClN2O5/c1-2-27-19(26)13-8-3-4-9-14(13)22-17(24)15(20)16(18(22)25)21-11-6-5-7-12(23)10-11/h3-10,21,23H,2H2,1H3. The van der Waals surface area contributed by atoms with Gasteiger partial charge in [-0.2, -0.15) is 0 Å². The minimum Gasteiger partial charge on any atom is -0.508 e. The lowest BCUT2D eigenvalue weighted by molar-refractivity contribution is -0.120. The molecule has 2 amide bonds. The number of rotatable bonds is 5. The van der Waals surface area contributed by atoms with Crippen LogP contribution in [0.25, 0.3) is 0 Å². The van der Waals surface area contributed by atoms with Crippen molar-refractivity contribution in [3.8, 4) is 5.75 Å². The van der Waals surface area contributed by atoms with Gasteiger partial charge < -0.3 is 15.2 Å². The number of hydrogen-bond acceptors (Lipinski definition) is 6. The van der Waals surface area contributed by atoms with Crippen molar-refractivity contribution in [3.05, 3.63) is 64.8 Å². The quantitative estimate of drug-likeness (QED) is 0.605. The zero-order valence-electron chi connectivity index (χ0n) is 14.2. The van der Waals surface area contributed by atoms with E-state index >= 15 is 0 Å². The zero-order chi connectivity index (χ0) is 19.6. The highest BCUT2D eigenvalue weighted by Gasteiger charge is 2.40. The average molecular weight is 387 g/mol. The van der Waals surface area contributed by atoms with E-state index in [4.69, 9.17) is 16.3 Å². The Hall–Kier alpha value is -3.32. The van der Waals surface area contributed by atoms with Crippen molar-refractivity contribution in [2.24, 2.45) is 0 Å². The molecule has 1 aliphatic heterocycles. The van der Waals surface area contributed by atoms with Crippen molar-refractivity contribution in [2.45, 2.75) is 6.92 Å². The topological polar surface area (TPSA) is 95.9 Å². The lowest BCUT2D eigenvalue weighted by Gasteiger charge is -2.18. The number of anilines is 2. The van der Waals surface area contributed by atoms with Gasteiger partial charge in [-0.25, -0.2) is 9.69 Å². The second kappa shape index (κ2) is 7.51. The Bertz CT molecular complexity index is 970. The molecular formula is C19H15ClN2O5. The number of phenolic OH excluding ortho intramolecular Hbond substituents is 1. The van der Waals surface area contributed by atoms with Crippen LogP contribution < -0.4 is 10.2 Å². The Balaban J connectivity index is 1.96. The molecule has 0 radical (unpaired) electrons. The molecule has 0 aliphatic carbocycles. The summed E-state index contributed by atoms with van der Waals surface area (Å²) in [6.45, 7) is 1.81. The number of hydrogen-bond donors (Lipinski definition) is 2. The molecule has 0 aromatic heterocycles. The minimum absolute atomic E-state index is 0.0157. The highest BCUT2D eigenvalue weighted by Crippen LogP contribution is 2.32. The molecule has 2 aromatic carbocycles. The third kappa shape index (κ3) is 3.50. The van der Waals surface area contributed by atoms with Crippen LogP contribution in [0, 0.1) is 0 Å². The molecule has 0 atom stereocenters. The van der Waals surface area contributed by atoms with Crippen LogP contribution >= 0.6 is 11.6 Å². The highest BCUT2D eigenvalue weighted by molar-refractivity contribution is 6.53. The third-order valence-electron chi connectivity index (χ3n) is 3.78. The molecule has 7 nitrogen and oxygen atoms in total. The fraction of sp³-hybridized carbons (Fsp3) is 0.105. The molecule has 27 heavy (non-hydrogen) atoms. The van der Waals surface area contributed by atoms with Crippen molar-refractivity contribution in [2.75, 3.05) is 16.8 Å². The van der Waals surface area contributed by atoms with Crippen LogP contribution in [0.1, 0.15) is 17.3 Å². The molecule has 0 saturated carbocycles. The summed E-state index contributed by atoms with van der Waals surface area (Å²) in [7, 11) is 0. The van der Waals surface area contributed by atoms with Gasteiger partial charge >= 0.3 is 5.97 Å². The van der Waals surface area contributed by atoms with Crippen molar-refractivity contribution < 1.29 is 24.2 Å². The van der Waals surface area contributed by atoms with Gasteiger partial charge in [0, 0.05) is 11.8 Å². The molecule has 3 rings (SSSR count). The largest absolute Gasteiger partial charge is 0.508 e. The molecule has 2 aromatic rings. The monoisotopic (exact) mass is 386 g/mol. The Morgan fingerprint density at radius 2 is 1.89 bits per heavy atom. The second-order valence-corrected chi connectivity index (χ2v) is 5.93. The van der Waals surface area contributed by atoms with Gasteiger partial charge in [0.05, 0.1) is 17.9 Å². The Morgan fingerprint density at radius 1 is 1.15 bits per heavy atom. The van der Waals surface area contributed by atoms with Gasteiger partial charge in [-0.1, -0.05) is 29.8 Å². The van der Waals surface area contributed by atoms with Gasteiger partial charge in [-0.05, 0) is 31.2 Å². The maximum atomic E-state index is 12.8. The third-order valence-corrected chi connectivity index (χ3v) is 4.13. The van der Waals surface area contributed by atoms with Crippen LogP contribution in [-0.2, 0) is 14.3 Å². The number of nitrogens with one attached hydrogen (secondary N) is 1. The number of amides is 2. The highest BCUT2D eigenvalue weighted by atomic mass is 35.5. The summed E-state index contributed by atoms with van der Waals surface area (Å²) in [6.07, 6.45) is 0. The maximum Gasteiger partial charge on any atom is 0.340 e. The summed E-state index contributed by atoms with van der Waals surface area (Å²) >= 11 is 6.08. The average Bonchev–Trinajstić information content (AvgIpc) is 2.85. The Morgan fingerprint density at radius 3 is 2.59 bits per heavy atom. The van der Waals surface area contributed by atoms with E-state index in [-0.39, 0.29) is 34.3 Å². The summed E-state index contributed by atoms with van der Waals surface area (Å²) in [5, 5.41) is 12.0. The molecule has 138 valence electrons. The van der Waals surface area contributed by atoms with E-state index in [1.54, 1.807) is 31.2 Å². The predicted molar refractivity (Wildman–Crippen MR) is 99.5 cm³/mol. The first kappa shape index (κ1) is 18.5. The number of benzene rings is 2. The van der Waals surface area contributed by atoms with Crippen LogP contribution in [0.15, 0.2) is 59.3 Å². The molecule has 0 saturated heterocycles. The molecule has 2 N–H and O–H groups in total. The summed E-state index contributed by atoms with van der Waals surface area (Å²) in [6, 6.07) is 12.1. The van der Waals surface area contributed by atoms with Gasteiger partial charge in [0.15, 0.2) is 0 Å². The summed E-state index contributed by atoms with van der Waals surface area (Å²) < 4.78 is 4.98. The summed E-state index contributed by atoms with van der Waals surface area (Å²) in [5.74, 6) is -2.15. The maximum absolute atomic E-state index is 12.8. The number of carbonyl (C=O) groups excluding carboxylic acids is 3. The molecule has 1 heterocycles. The van der Waals surface area contributed by atoms with E-state index < -0.39 is 17.8 Å². The van der Waals surface area contributed by atoms with Gasteiger partial charge in [-0.15, -0.1) is 0 Å². The van der Waals surface area contributed by atoms with E-state index in [1.165, 1.54) is 24.3 Å². The SMILES string of the molecule is CCOC(=O)c1ccccc1N1C(=O)C(Cl)=C(Nc2cccc(O)c2)C1=O. The number of phenols is 1. The first-order valence-corrected chi connectivity index (χ1v) is 8.42. The number of nitrogens with zero attached hydrogens (tertiary/aromatic N) is 1. The normalized spacial score (nSPS) is 13.9. The second-order valence-electron chi connectivity index (χ2n) is 5.55. The van der Waals surface area contributed by atoms with E-state index in [2.05, 4.69) is 5.32 Å². The lowest BCUT2D eigenvalue weighted by atomic mass is 10.1. The molecule has 0 bridgehead atoms. The Kier molecular flexibility index (Phi) is 5.14. The van der Waals surface area contributed by atoms with Crippen LogP contribution in [0.4, 0.5) is 11.4 Å². The molecule has 1 aliphatic rings. The number of aromatic hydroxyl groups is 1. The molecule has 0 spiro atoms. The van der Waals surface area contributed by atoms with E-state index in [0.717, 1.165) is 4.90 Å². The first-order valence-electron chi connectivity index (χ1n) is 8.04. The van der Waals surface area contributed by atoms with Crippen molar-refractivity contribution in [1.82, 2.24) is 0 Å². The number of carbonyl (C=O) groups is 3. The first-order chi connectivity index (χ1) is 12.9. The number of imide groups is 1. The van der Waals surface area contributed by atoms with E-state index in [0.29, 0.717) is 5.69 Å². The van der Waals surface area contributed by atoms with Crippen LogP contribution in [-0.4, -0.2) is 29.5 Å². The lowest BCUT2D eigenvalue weighted by Crippen LogP contribution is -2.33. The van der Waals surface area contributed by atoms with Crippen molar-refractivity contribution >= 4 is 40.8 Å². The number of esters is 1. The number of para-hydroxylation sites is 1. The van der Waals surface area contributed by atoms with Crippen molar-refractivity contribution in [3.63, 3.8) is 0 Å². The molecule has 8 heteroatoms. The van der Waals surface area contributed by atoms with Crippen molar-refractivity contribution in [1.29, 1.82) is 0 Å². The molecular weight excluding hydrogens is 372 g/mol.